The van der Waals surface area contributed by atoms with Crippen molar-refractivity contribution in [2.24, 2.45) is 0 Å². The van der Waals surface area contributed by atoms with Gasteiger partial charge in [0.2, 0.25) is 5.91 Å². The third-order valence-electron chi connectivity index (χ3n) is 1.89. The Balaban J connectivity index is 2.49. The normalized spacial score (nSPS) is 30.4. The van der Waals surface area contributed by atoms with Crippen LogP contribution in [0.3, 0.4) is 0 Å². The first-order valence-electron chi connectivity index (χ1n) is 4.12. The van der Waals surface area contributed by atoms with Crippen LogP contribution in [0.4, 0.5) is 0 Å². The number of alkyl halides is 1. The predicted molar refractivity (Wildman–Crippen MR) is 55.5 cm³/mol. The Kier molecular flexibility index (Phi) is 3.77. The Hall–Kier alpha value is 0.160. The summed E-state index contributed by atoms with van der Waals surface area (Å²) in [5.41, 5.74) is 0. The SMILES string of the molecule is C[C@H]1CN(C(=O)CI)C[C@H](C)O1. The molecule has 4 heteroatoms. The van der Waals surface area contributed by atoms with Gasteiger partial charge in [-0.15, -0.1) is 0 Å². The van der Waals surface area contributed by atoms with E-state index in [4.69, 9.17) is 4.74 Å². The molecule has 1 aliphatic rings. The van der Waals surface area contributed by atoms with E-state index in [1.54, 1.807) is 0 Å². The fraction of sp³-hybridized carbons (Fsp3) is 0.875. The second-order valence-electron chi connectivity index (χ2n) is 3.19. The van der Waals surface area contributed by atoms with Gasteiger partial charge in [-0.1, -0.05) is 22.6 Å². The summed E-state index contributed by atoms with van der Waals surface area (Å²) >= 11 is 2.10. The summed E-state index contributed by atoms with van der Waals surface area (Å²) in [6.45, 7) is 5.49. The average molecular weight is 283 g/mol. The van der Waals surface area contributed by atoms with Gasteiger partial charge < -0.3 is 9.64 Å². The Morgan fingerprint density at radius 3 is 2.42 bits per heavy atom. The molecular formula is C8H14INO2. The summed E-state index contributed by atoms with van der Waals surface area (Å²) in [5, 5.41) is 0. The van der Waals surface area contributed by atoms with Gasteiger partial charge in [-0.3, -0.25) is 4.79 Å². The lowest BCUT2D eigenvalue weighted by Gasteiger charge is -2.35. The molecule has 0 radical (unpaired) electrons. The van der Waals surface area contributed by atoms with Crippen LogP contribution < -0.4 is 0 Å². The van der Waals surface area contributed by atoms with Crippen LogP contribution in [0.25, 0.3) is 0 Å². The Bertz CT molecular complexity index is 164. The van der Waals surface area contributed by atoms with Crippen molar-refractivity contribution in [1.29, 1.82) is 0 Å². The summed E-state index contributed by atoms with van der Waals surface area (Å²) in [6, 6.07) is 0. The van der Waals surface area contributed by atoms with E-state index in [9.17, 15) is 4.79 Å². The first-order chi connectivity index (χ1) is 5.63. The van der Waals surface area contributed by atoms with E-state index in [1.165, 1.54) is 0 Å². The second-order valence-corrected chi connectivity index (χ2v) is 3.95. The lowest BCUT2D eigenvalue weighted by Crippen LogP contribution is -2.48. The molecule has 1 rings (SSSR count). The van der Waals surface area contributed by atoms with Crippen LogP contribution in [-0.4, -0.2) is 40.5 Å². The number of morpholine rings is 1. The second kappa shape index (κ2) is 4.41. The molecule has 1 fully saturated rings. The highest BCUT2D eigenvalue weighted by atomic mass is 127. The van der Waals surface area contributed by atoms with Crippen LogP contribution in [0.2, 0.25) is 0 Å². The van der Waals surface area contributed by atoms with E-state index in [0.717, 1.165) is 13.1 Å². The lowest BCUT2D eigenvalue weighted by molar-refractivity contribution is -0.140. The van der Waals surface area contributed by atoms with Crippen LogP contribution in [0.15, 0.2) is 0 Å². The van der Waals surface area contributed by atoms with Crippen molar-refractivity contribution in [2.75, 3.05) is 17.5 Å². The minimum absolute atomic E-state index is 0.181. The van der Waals surface area contributed by atoms with Gasteiger partial charge in [0, 0.05) is 13.1 Å². The van der Waals surface area contributed by atoms with Gasteiger partial charge in [-0.05, 0) is 13.8 Å². The monoisotopic (exact) mass is 283 g/mol. The van der Waals surface area contributed by atoms with Crippen LogP contribution in [0, 0.1) is 0 Å². The first kappa shape index (κ1) is 10.2. The number of hydrogen-bond acceptors (Lipinski definition) is 2. The van der Waals surface area contributed by atoms with Gasteiger partial charge in [-0.25, -0.2) is 0 Å². The van der Waals surface area contributed by atoms with E-state index in [-0.39, 0.29) is 18.1 Å². The summed E-state index contributed by atoms with van der Waals surface area (Å²) in [4.78, 5) is 13.2. The third kappa shape index (κ3) is 2.58. The number of rotatable bonds is 1. The summed E-state index contributed by atoms with van der Waals surface area (Å²) < 4.78 is 6.08. The summed E-state index contributed by atoms with van der Waals surface area (Å²) in [7, 11) is 0. The molecule has 1 heterocycles. The van der Waals surface area contributed by atoms with Crippen LogP contribution in [-0.2, 0) is 9.53 Å². The molecular weight excluding hydrogens is 269 g/mol. The molecule has 0 saturated carbocycles. The molecule has 0 aliphatic carbocycles. The molecule has 1 amide bonds. The van der Waals surface area contributed by atoms with Crippen LogP contribution in [0.5, 0.6) is 0 Å². The minimum atomic E-state index is 0.181. The number of ether oxygens (including phenoxy) is 1. The maximum absolute atomic E-state index is 11.3. The predicted octanol–water partition coefficient (Wildman–Crippen LogP) is 1.06. The molecule has 0 N–H and O–H groups in total. The Morgan fingerprint density at radius 2 is 2.00 bits per heavy atom. The molecule has 1 saturated heterocycles. The average Bonchev–Trinajstić information content (AvgIpc) is 2.01. The van der Waals surface area contributed by atoms with E-state index in [2.05, 4.69) is 22.6 Å². The molecule has 0 bridgehead atoms. The van der Waals surface area contributed by atoms with E-state index >= 15 is 0 Å². The topological polar surface area (TPSA) is 29.5 Å². The van der Waals surface area contributed by atoms with Crippen molar-refractivity contribution >= 4 is 28.5 Å². The van der Waals surface area contributed by atoms with Gasteiger partial charge in [-0.2, -0.15) is 0 Å². The first-order valence-corrected chi connectivity index (χ1v) is 5.65. The Labute approximate surface area is 86.6 Å². The van der Waals surface area contributed by atoms with E-state index in [0.29, 0.717) is 4.43 Å². The molecule has 0 aromatic rings. The summed E-state index contributed by atoms with van der Waals surface area (Å²) in [5.74, 6) is 0.220. The molecule has 12 heavy (non-hydrogen) atoms. The molecule has 0 aromatic carbocycles. The number of halogens is 1. The maximum atomic E-state index is 11.3. The van der Waals surface area contributed by atoms with Gasteiger partial charge in [0.15, 0.2) is 0 Å². The molecule has 2 atom stereocenters. The molecule has 3 nitrogen and oxygen atoms in total. The van der Waals surface area contributed by atoms with E-state index in [1.807, 2.05) is 18.7 Å². The van der Waals surface area contributed by atoms with Crippen LogP contribution in [0.1, 0.15) is 13.8 Å². The summed E-state index contributed by atoms with van der Waals surface area (Å²) in [6.07, 6.45) is 0.362. The van der Waals surface area contributed by atoms with Gasteiger partial charge >= 0.3 is 0 Å². The standard InChI is InChI=1S/C8H14INO2/c1-6-4-10(8(11)3-9)5-7(2)12-6/h6-7H,3-5H2,1-2H3/t6-,7-/m0/s1. The fourth-order valence-corrected chi connectivity index (χ4v) is 1.95. The van der Waals surface area contributed by atoms with Crippen molar-refractivity contribution in [2.45, 2.75) is 26.1 Å². The van der Waals surface area contributed by atoms with Crippen molar-refractivity contribution in [1.82, 2.24) is 4.90 Å². The Morgan fingerprint density at radius 1 is 1.50 bits per heavy atom. The van der Waals surface area contributed by atoms with Gasteiger partial charge in [0.1, 0.15) is 0 Å². The quantitative estimate of drug-likeness (QED) is 0.532. The molecule has 0 unspecified atom stereocenters. The molecule has 70 valence electrons. The largest absolute Gasteiger partial charge is 0.372 e. The van der Waals surface area contributed by atoms with Crippen molar-refractivity contribution in [3.8, 4) is 0 Å². The minimum Gasteiger partial charge on any atom is -0.372 e. The molecule has 0 aromatic heterocycles. The van der Waals surface area contributed by atoms with Gasteiger partial charge in [0.25, 0.3) is 0 Å². The molecule has 1 aliphatic heterocycles. The van der Waals surface area contributed by atoms with Crippen molar-refractivity contribution in [3.63, 3.8) is 0 Å². The smallest absolute Gasteiger partial charge is 0.232 e. The number of nitrogens with zero attached hydrogens (tertiary/aromatic N) is 1. The molecule has 0 spiro atoms. The lowest BCUT2D eigenvalue weighted by atomic mass is 10.2. The van der Waals surface area contributed by atoms with Gasteiger partial charge in [0.05, 0.1) is 16.6 Å². The number of carbonyl (C=O) groups is 1. The van der Waals surface area contributed by atoms with E-state index < -0.39 is 0 Å². The van der Waals surface area contributed by atoms with Crippen molar-refractivity contribution in [3.05, 3.63) is 0 Å². The number of hydrogen-bond donors (Lipinski definition) is 0. The zero-order valence-electron chi connectivity index (χ0n) is 7.42. The maximum Gasteiger partial charge on any atom is 0.232 e. The highest BCUT2D eigenvalue weighted by Gasteiger charge is 2.24. The highest BCUT2D eigenvalue weighted by Crippen LogP contribution is 2.11. The number of amides is 1. The van der Waals surface area contributed by atoms with Crippen LogP contribution >= 0.6 is 22.6 Å². The number of carbonyl (C=O) groups excluding carboxylic acids is 1. The fourth-order valence-electron chi connectivity index (χ4n) is 1.47. The zero-order valence-corrected chi connectivity index (χ0v) is 9.58. The third-order valence-corrected chi connectivity index (χ3v) is 2.54. The highest BCUT2D eigenvalue weighted by molar-refractivity contribution is 14.1. The van der Waals surface area contributed by atoms with Crippen molar-refractivity contribution < 1.29 is 9.53 Å². The zero-order chi connectivity index (χ0) is 9.14.